The number of hydrogen-bond acceptors (Lipinski definition) is 4. The van der Waals surface area contributed by atoms with Crippen molar-refractivity contribution in [3.63, 3.8) is 0 Å². The number of hydrogen-bond donors (Lipinski definition) is 1. The van der Waals surface area contributed by atoms with Crippen molar-refractivity contribution < 1.29 is 13.2 Å². The van der Waals surface area contributed by atoms with E-state index < -0.39 is 9.84 Å². The summed E-state index contributed by atoms with van der Waals surface area (Å²) in [5.41, 5.74) is 1.95. The summed E-state index contributed by atoms with van der Waals surface area (Å²) in [5, 5.41) is 4.06. The molecule has 0 radical (unpaired) electrons. The van der Waals surface area contributed by atoms with E-state index in [2.05, 4.69) is 28.7 Å². The van der Waals surface area contributed by atoms with E-state index >= 15 is 0 Å². The zero-order valence-electron chi connectivity index (χ0n) is 13.8. The molecular weight excluding hydrogens is 326 g/mol. The Hall–Kier alpha value is -2.15. The van der Waals surface area contributed by atoms with Crippen LogP contribution in [0.2, 0.25) is 0 Å². The number of nitrogens with one attached hydrogen (secondary N) is 1. The fourth-order valence-electron chi connectivity index (χ4n) is 3.05. The van der Waals surface area contributed by atoms with Crippen LogP contribution in [0.1, 0.15) is 32.1 Å². The largest absolute Gasteiger partial charge is 0.349 e. The average molecular weight is 347 g/mol. The number of imidazole rings is 1. The lowest BCUT2D eigenvalue weighted by atomic mass is 10.1. The highest BCUT2D eigenvalue weighted by atomic mass is 32.2. The van der Waals surface area contributed by atoms with Crippen molar-refractivity contribution >= 4 is 26.8 Å². The topological polar surface area (TPSA) is 81.1 Å². The van der Waals surface area contributed by atoms with Gasteiger partial charge < -0.3 is 9.88 Å². The molecule has 0 saturated heterocycles. The standard InChI is InChI=1S/C17H21N3O3S/c1-12(2)20-15-6-4-3-5-14(15)19-16(20)10-18-17(21)9-13-7-8-24(22,23)11-13/h3-8,12-13H,9-11H2,1-2H3,(H,18,21)/t13-/m1/s1. The van der Waals surface area contributed by atoms with Gasteiger partial charge in [-0.2, -0.15) is 0 Å². The Morgan fingerprint density at radius 2 is 2.12 bits per heavy atom. The van der Waals surface area contributed by atoms with Gasteiger partial charge in [0.15, 0.2) is 9.84 Å². The van der Waals surface area contributed by atoms with Gasteiger partial charge in [0.2, 0.25) is 5.91 Å². The summed E-state index contributed by atoms with van der Waals surface area (Å²) in [5.74, 6) is 0.419. The third kappa shape index (κ3) is 3.51. The summed E-state index contributed by atoms with van der Waals surface area (Å²) >= 11 is 0. The highest BCUT2D eigenvalue weighted by molar-refractivity contribution is 7.94. The monoisotopic (exact) mass is 347 g/mol. The van der Waals surface area contributed by atoms with Crippen LogP contribution in [0.15, 0.2) is 35.7 Å². The number of carbonyl (C=O) groups is 1. The molecule has 1 amide bonds. The predicted octanol–water partition coefficient (Wildman–Crippen LogP) is 2.18. The number of fused-ring (bicyclic) bond motifs is 1. The van der Waals surface area contributed by atoms with Gasteiger partial charge in [0.25, 0.3) is 0 Å². The Bertz CT molecular complexity index is 897. The van der Waals surface area contributed by atoms with E-state index in [0.717, 1.165) is 16.9 Å². The summed E-state index contributed by atoms with van der Waals surface area (Å²) < 4.78 is 24.9. The maximum Gasteiger partial charge on any atom is 0.220 e. The minimum atomic E-state index is -3.12. The third-order valence-corrected chi connectivity index (χ3v) is 5.55. The fraction of sp³-hybridized carbons (Fsp3) is 0.412. The SMILES string of the molecule is CC(C)n1c(CNC(=O)C[C@H]2C=CS(=O)(=O)C2)nc2ccccc21. The predicted molar refractivity (Wildman–Crippen MR) is 93.0 cm³/mol. The maximum absolute atomic E-state index is 12.1. The first-order valence-corrected chi connectivity index (χ1v) is 9.71. The molecule has 0 spiro atoms. The molecule has 0 aliphatic carbocycles. The number of benzene rings is 1. The maximum atomic E-state index is 12.1. The van der Waals surface area contributed by atoms with Crippen molar-refractivity contribution in [1.82, 2.24) is 14.9 Å². The van der Waals surface area contributed by atoms with Gasteiger partial charge in [-0.3, -0.25) is 4.79 Å². The van der Waals surface area contributed by atoms with Gasteiger partial charge in [0.05, 0.1) is 23.3 Å². The summed E-state index contributed by atoms with van der Waals surface area (Å²) in [4.78, 5) is 16.7. The first-order valence-electron chi connectivity index (χ1n) is 7.99. The normalized spacial score (nSPS) is 19.2. The van der Waals surface area contributed by atoms with Crippen molar-refractivity contribution in [3.8, 4) is 0 Å². The molecule has 1 N–H and O–H groups in total. The molecule has 0 bridgehead atoms. The van der Waals surface area contributed by atoms with E-state index in [1.54, 1.807) is 6.08 Å². The molecule has 2 heterocycles. The van der Waals surface area contributed by atoms with Crippen LogP contribution in [0.4, 0.5) is 0 Å². The quantitative estimate of drug-likeness (QED) is 0.899. The molecule has 0 fully saturated rings. The molecule has 0 saturated carbocycles. The van der Waals surface area contributed by atoms with Gasteiger partial charge in [-0.05, 0) is 26.0 Å². The molecule has 3 rings (SSSR count). The van der Waals surface area contributed by atoms with Crippen molar-refractivity contribution in [2.75, 3.05) is 5.75 Å². The number of nitrogens with zero attached hydrogens (tertiary/aromatic N) is 2. The second-order valence-electron chi connectivity index (χ2n) is 6.38. The van der Waals surface area contributed by atoms with Crippen molar-refractivity contribution in [3.05, 3.63) is 41.6 Å². The first kappa shape index (κ1) is 16.7. The third-order valence-electron chi connectivity index (χ3n) is 4.08. The molecule has 24 heavy (non-hydrogen) atoms. The van der Waals surface area contributed by atoms with Gasteiger partial charge in [-0.1, -0.05) is 18.2 Å². The molecule has 7 heteroatoms. The number of amides is 1. The number of rotatable bonds is 5. The van der Waals surface area contributed by atoms with E-state index in [4.69, 9.17) is 0 Å². The molecular formula is C17H21N3O3S. The molecule has 1 atom stereocenters. The van der Waals surface area contributed by atoms with Crippen LogP contribution >= 0.6 is 0 Å². The molecule has 1 aliphatic rings. The Kier molecular flexibility index (Phi) is 4.45. The van der Waals surface area contributed by atoms with Gasteiger partial charge in [0.1, 0.15) is 5.82 Å². The Morgan fingerprint density at radius 3 is 2.79 bits per heavy atom. The van der Waals surface area contributed by atoms with Gasteiger partial charge in [-0.15, -0.1) is 0 Å². The molecule has 1 aliphatic heterocycles. The first-order chi connectivity index (χ1) is 11.4. The zero-order valence-corrected chi connectivity index (χ0v) is 14.6. The summed E-state index contributed by atoms with van der Waals surface area (Å²) in [7, 11) is -3.12. The van der Waals surface area contributed by atoms with Gasteiger partial charge in [-0.25, -0.2) is 13.4 Å². The lowest BCUT2D eigenvalue weighted by molar-refractivity contribution is -0.121. The molecule has 6 nitrogen and oxygen atoms in total. The Morgan fingerprint density at radius 1 is 1.38 bits per heavy atom. The lowest BCUT2D eigenvalue weighted by Gasteiger charge is -2.14. The smallest absolute Gasteiger partial charge is 0.220 e. The zero-order chi connectivity index (χ0) is 17.3. The molecule has 0 unspecified atom stereocenters. The average Bonchev–Trinajstić information content (AvgIpc) is 3.04. The number of carbonyl (C=O) groups excluding carboxylic acids is 1. The van der Waals surface area contributed by atoms with Gasteiger partial charge >= 0.3 is 0 Å². The van der Waals surface area contributed by atoms with E-state index in [9.17, 15) is 13.2 Å². The molecule has 1 aromatic heterocycles. The lowest BCUT2D eigenvalue weighted by Crippen LogP contribution is -2.27. The number of para-hydroxylation sites is 2. The van der Waals surface area contributed by atoms with Crippen LogP contribution in [0, 0.1) is 5.92 Å². The second kappa shape index (κ2) is 6.39. The number of allylic oxidation sites excluding steroid dienone is 1. The Balaban J connectivity index is 1.68. The summed E-state index contributed by atoms with van der Waals surface area (Å²) in [6.07, 6.45) is 1.77. The Labute approximate surface area is 141 Å². The molecule has 2 aromatic rings. The number of sulfone groups is 1. The van der Waals surface area contributed by atoms with Gasteiger partial charge in [0, 0.05) is 23.8 Å². The highest BCUT2D eigenvalue weighted by Crippen LogP contribution is 2.21. The van der Waals surface area contributed by atoms with E-state index in [1.165, 1.54) is 5.41 Å². The minimum Gasteiger partial charge on any atom is -0.349 e. The van der Waals surface area contributed by atoms with Crippen molar-refractivity contribution in [2.24, 2.45) is 5.92 Å². The summed E-state index contributed by atoms with van der Waals surface area (Å²) in [6, 6.07) is 8.11. The molecule has 1 aromatic carbocycles. The van der Waals surface area contributed by atoms with E-state index in [0.29, 0.717) is 6.54 Å². The van der Waals surface area contributed by atoms with Crippen molar-refractivity contribution in [1.29, 1.82) is 0 Å². The van der Waals surface area contributed by atoms with E-state index in [-0.39, 0.29) is 30.0 Å². The van der Waals surface area contributed by atoms with Crippen LogP contribution in [0.5, 0.6) is 0 Å². The summed E-state index contributed by atoms with van der Waals surface area (Å²) in [6.45, 7) is 4.48. The van der Waals surface area contributed by atoms with E-state index in [1.807, 2.05) is 24.3 Å². The highest BCUT2D eigenvalue weighted by Gasteiger charge is 2.24. The second-order valence-corrected chi connectivity index (χ2v) is 8.31. The number of aromatic nitrogens is 2. The minimum absolute atomic E-state index is 0.0188. The van der Waals surface area contributed by atoms with Crippen LogP contribution in [-0.4, -0.2) is 29.6 Å². The van der Waals surface area contributed by atoms with Crippen LogP contribution in [-0.2, 0) is 21.2 Å². The van der Waals surface area contributed by atoms with Crippen LogP contribution < -0.4 is 5.32 Å². The fourth-order valence-corrected chi connectivity index (χ4v) is 4.45. The van der Waals surface area contributed by atoms with Crippen LogP contribution in [0.25, 0.3) is 11.0 Å². The molecule has 128 valence electrons. The van der Waals surface area contributed by atoms with Crippen molar-refractivity contribution in [2.45, 2.75) is 32.9 Å². The van der Waals surface area contributed by atoms with Crippen LogP contribution in [0.3, 0.4) is 0 Å².